The molecular formula is C9H18N2O3. The van der Waals surface area contributed by atoms with Crippen molar-refractivity contribution in [1.82, 2.24) is 4.90 Å². The smallest absolute Gasteiger partial charge is 0.409 e. The van der Waals surface area contributed by atoms with Gasteiger partial charge in [-0.3, -0.25) is 0 Å². The maximum atomic E-state index is 11.2. The minimum Gasteiger partial charge on any atom is -0.453 e. The zero-order chi connectivity index (χ0) is 10.6. The van der Waals surface area contributed by atoms with Gasteiger partial charge in [-0.05, 0) is 12.8 Å². The Bertz CT molecular complexity index is 200. The third kappa shape index (κ3) is 2.59. The van der Waals surface area contributed by atoms with E-state index in [0.717, 1.165) is 12.8 Å². The fourth-order valence-corrected chi connectivity index (χ4v) is 1.70. The Kier molecular flexibility index (Phi) is 3.71. The van der Waals surface area contributed by atoms with Gasteiger partial charge in [-0.15, -0.1) is 0 Å². The first kappa shape index (κ1) is 11.3. The highest BCUT2D eigenvalue weighted by Crippen LogP contribution is 2.20. The van der Waals surface area contributed by atoms with Crippen LogP contribution in [0.1, 0.15) is 12.8 Å². The number of amides is 1. The number of carbonyl (C=O) groups is 1. The highest BCUT2D eigenvalue weighted by Gasteiger charge is 2.32. The minimum atomic E-state index is -0.279. The summed E-state index contributed by atoms with van der Waals surface area (Å²) < 4.78 is 9.68. The molecule has 0 aromatic rings. The summed E-state index contributed by atoms with van der Waals surface area (Å²) in [6.07, 6.45) is 1.25. The molecule has 14 heavy (non-hydrogen) atoms. The second-order valence-corrected chi connectivity index (χ2v) is 3.75. The van der Waals surface area contributed by atoms with Gasteiger partial charge in [0.1, 0.15) is 0 Å². The first-order valence-electron chi connectivity index (χ1n) is 4.72. The van der Waals surface area contributed by atoms with Gasteiger partial charge in [-0.1, -0.05) is 0 Å². The van der Waals surface area contributed by atoms with E-state index < -0.39 is 0 Å². The van der Waals surface area contributed by atoms with Gasteiger partial charge in [0.05, 0.1) is 13.7 Å². The van der Waals surface area contributed by atoms with Crippen molar-refractivity contribution in [2.75, 3.05) is 33.9 Å². The number of nitrogens with zero attached hydrogens (tertiary/aromatic N) is 1. The summed E-state index contributed by atoms with van der Waals surface area (Å²) in [5.74, 6) is 0. The van der Waals surface area contributed by atoms with Gasteiger partial charge in [-0.2, -0.15) is 0 Å². The molecular weight excluding hydrogens is 184 g/mol. The molecule has 0 aliphatic carbocycles. The Morgan fingerprint density at radius 2 is 2.00 bits per heavy atom. The Morgan fingerprint density at radius 1 is 1.43 bits per heavy atom. The van der Waals surface area contributed by atoms with Gasteiger partial charge >= 0.3 is 6.09 Å². The van der Waals surface area contributed by atoms with Crippen molar-refractivity contribution >= 4 is 6.09 Å². The van der Waals surface area contributed by atoms with E-state index >= 15 is 0 Å². The molecule has 1 heterocycles. The predicted octanol–water partition coefficient (Wildman–Crippen LogP) is 0.193. The molecule has 1 aliphatic rings. The molecule has 1 saturated heterocycles. The van der Waals surface area contributed by atoms with Gasteiger partial charge in [-0.25, -0.2) is 4.79 Å². The van der Waals surface area contributed by atoms with Crippen molar-refractivity contribution in [3.05, 3.63) is 0 Å². The SMILES string of the molecule is COCC1(N)CCN(C(=O)OC)CC1. The molecule has 5 heteroatoms. The average Bonchev–Trinajstić information content (AvgIpc) is 2.18. The molecule has 82 valence electrons. The zero-order valence-electron chi connectivity index (χ0n) is 8.78. The number of likely N-dealkylation sites (tertiary alicyclic amines) is 1. The zero-order valence-corrected chi connectivity index (χ0v) is 8.78. The normalized spacial score (nSPS) is 20.6. The molecule has 0 aromatic carbocycles. The molecule has 5 nitrogen and oxygen atoms in total. The van der Waals surface area contributed by atoms with E-state index in [9.17, 15) is 4.79 Å². The van der Waals surface area contributed by atoms with Crippen LogP contribution in [0.4, 0.5) is 4.79 Å². The molecule has 1 rings (SSSR count). The number of hydrogen-bond acceptors (Lipinski definition) is 4. The minimum absolute atomic E-state index is 0.274. The van der Waals surface area contributed by atoms with Gasteiger partial charge in [0.2, 0.25) is 0 Å². The summed E-state index contributed by atoms with van der Waals surface area (Å²) in [7, 11) is 3.03. The van der Waals surface area contributed by atoms with E-state index in [1.165, 1.54) is 7.11 Å². The third-order valence-electron chi connectivity index (χ3n) is 2.62. The number of nitrogens with two attached hydrogens (primary N) is 1. The first-order chi connectivity index (χ1) is 6.61. The topological polar surface area (TPSA) is 64.8 Å². The lowest BCUT2D eigenvalue weighted by atomic mass is 9.90. The van der Waals surface area contributed by atoms with Gasteiger partial charge in [0.25, 0.3) is 0 Å². The van der Waals surface area contributed by atoms with Crippen LogP contribution in [-0.4, -0.2) is 50.4 Å². The standard InChI is InChI=1S/C9H18N2O3/c1-13-7-9(10)3-5-11(6-4-9)8(12)14-2/h3-7,10H2,1-2H3. The molecule has 0 radical (unpaired) electrons. The van der Waals surface area contributed by atoms with E-state index in [0.29, 0.717) is 19.7 Å². The van der Waals surface area contributed by atoms with Crippen LogP contribution >= 0.6 is 0 Å². The van der Waals surface area contributed by atoms with Gasteiger partial charge in [0.15, 0.2) is 0 Å². The van der Waals surface area contributed by atoms with Crippen molar-refractivity contribution in [2.45, 2.75) is 18.4 Å². The number of methoxy groups -OCH3 is 2. The quantitative estimate of drug-likeness (QED) is 0.694. The maximum Gasteiger partial charge on any atom is 0.409 e. The van der Waals surface area contributed by atoms with Crippen molar-refractivity contribution in [3.63, 3.8) is 0 Å². The number of carbonyl (C=O) groups excluding carboxylic acids is 1. The van der Waals surface area contributed by atoms with Crippen LogP contribution < -0.4 is 5.73 Å². The van der Waals surface area contributed by atoms with Crippen LogP contribution in [0.3, 0.4) is 0 Å². The number of piperidine rings is 1. The van der Waals surface area contributed by atoms with E-state index in [1.807, 2.05) is 0 Å². The molecule has 0 spiro atoms. The fraction of sp³-hybridized carbons (Fsp3) is 0.889. The third-order valence-corrected chi connectivity index (χ3v) is 2.62. The number of ether oxygens (including phenoxy) is 2. The van der Waals surface area contributed by atoms with Gasteiger partial charge < -0.3 is 20.1 Å². The molecule has 0 aromatic heterocycles. The van der Waals surface area contributed by atoms with Crippen molar-refractivity contribution < 1.29 is 14.3 Å². The molecule has 0 atom stereocenters. The van der Waals surface area contributed by atoms with Crippen LogP contribution in [0.2, 0.25) is 0 Å². The van der Waals surface area contributed by atoms with Crippen molar-refractivity contribution in [3.8, 4) is 0 Å². The van der Waals surface area contributed by atoms with E-state index in [-0.39, 0.29) is 11.6 Å². The number of rotatable bonds is 2. The predicted molar refractivity (Wildman–Crippen MR) is 52.0 cm³/mol. The first-order valence-corrected chi connectivity index (χ1v) is 4.72. The lowest BCUT2D eigenvalue weighted by molar-refractivity contribution is 0.0668. The fourth-order valence-electron chi connectivity index (χ4n) is 1.70. The molecule has 0 unspecified atom stereocenters. The Labute approximate surface area is 84.1 Å². The lowest BCUT2D eigenvalue weighted by Crippen LogP contribution is -2.54. The average molecular weight is 202 g/mol. The molecule has 2 N–H and O–H groups in total. The Balaban J connectivity index is 2.41. The van der Waals surface area contributed by atoms with E-state index in [4.69, 9.17) is 10.5 Å². The molecule has 0 bridgehead atoms. The Hall–Kier alpha value is -0.810. The highest BCUT2D eigenvalue weighted by molar-refractivity contribution is 5.67. The largest absolute Gasteiger partial charge is 0.453 e. The molecule has 0 saturated carbocycles. The monoisotopic (exact) mass is 202 g/mol. The molecule has 1 fully saturated rings. The van der Waals surface area contributed by atoms with Crippen molar-refractivity contribution in [2.24, 2.45) is 5.73 Å². The Morgan fingerprint density at radius 3 is 2.43 bits per heavy atom. The van der Waals surface area contributed by atoms with Crippen molar-refractivity contribution in [1.29, 1.82) is 0 Å². The second kappa shape index (κ2) is 4.61. The molecule has 1 amide bonds. The summed E-state index contributed by atoms with van der Waals surface area (Å²) in [5.41, 5.74) is 5.79. The summed E-state index contributed by atoms with van der Waals surface area (Å²) >= 11 is 0. The van der Waals surface area contributed by atoms with Crippen LogP contribution in [0.5, 0.6) is 0 Å². The van der Waals surface area contributed by atoms with Crippen LogP contribution in [0.25, 0.3) is 0 Å². The lowest BCUT2D eigenvalue weighted by Gasteiger charge is -2.37. The highest BCUT2D eigenvalue weighted by atomic mass is 16.5. The van der Waals surface area contributed by atoms with Gasteiger partial charge in [0, 0.05) is 25.7 Å². The molecule has 1 aliphatic heterocycles. The van der Waals surface area contributed by atoms with E-state index in [2.05, 4.69) is 4.74 Å². The summed E-state index contributed by atoms with van der Waals surface area (Å²) in [6, 6.07) is 0. The number of hydrogen-bond donors (Lipinski definition) is 1. The maximum absolute atomic E-state index is 11.2. The van der Waals surface area contributed by atoms with Crippen LogP contribution in [-0.2, 0) is 9.47 Å². The summed E-state index contributed by atoms with van der Waals surface area (Å²) in [4.78, 5) is 12.8. The van der Waals surface area contributed by atoms with E-state index in [1.54, 1.807) is 12.0 Å². The van der Waals surface area contributed by atoms with Crippen LogP contribution in [0, 0.1) is 0 Å². The second-order valence-electron chi connectivity index (χ2n) is 3.75. The summed E-state index contributed by atoms with van der Waals surface area (Å²) in [6.45, 7) is 1.83. The summed E-state index contributed by atoms with van der Waals surface area (Å²) in [5, 5.41) is 0. The van der Waals surface area contributed by atoms with Crippen LogP contribution in [0.15, 0.2) is 0 Å².